The number of carbonyl (C=O) groups excluding carboxylic acids is 1. The van der Waals surface area contributed by atoms with Gasteiger partial charge in [-0.3, -0.25) is 4.79 Å². The minimum absolute atomic E-state index is 0.0225. The van der Waals surface area contributed by atoms with Gasteiger partial charge in [0.25, 0.3) is 5.91 Å². The van der Waals surface area contributed by atoms with Gasteiger partial charge in [-0.1, -0.05) is 0 Å². The zero-order valence-electron chi connectivity index (χ0n) is 6.56. The number of ether oxygens (including phenoxy) is 1. The predicted octanol–water partition coefficient (Wildman–Crippen LogP) is 0.564. The molecule has 66 valence electrons. The lowest BCUT2D eigenvalue weighted by Gasteiger charge is -2.12. The number of amides is 1. The van der Waals surface area contributed by atoms with Gasteiger partial charge in [-0.15, -0.1) is 5.11 Å². The van der Waals surface area contributed by atoms with E-state index in [9.17, 15) is 4.79 Å². The molecule has 1 rings (SSSR count). The first-order valence-electron chi connectivity index (χ1n) is 3.71. The van der Waals surface area contributed by atoms with Gasteiger partial charge in [-0.25, -0.2) is 5.53 Å². The van der Waals surface area contributed by atoms with Crippen LogP contribution in [0.3, 0.4) is 0 Å². The van der Waals surface area contributed by atoms with Gasteiger partial charge in [0.15, 0.2) is 0 Å². The minimum Gasteiger partial charge on any atom is -0.498 e. The van der Waals surface area contributed by atoms with Crippen molar-refractivity contribution in [2.75, 3.05) is 0 Å². The summed E-state index contributed by atoms with van der Waals surface area (Å²) >= 11 is 0. The summed E-state index contributed by atoms with van der Waals surface area (Å²) in [5.41, 5.74) is 11.9. The van der Waals surface area contributed by atoms with Gasteiger partial charge in [-0.2, -0.15) is 0 Å². The van der Waals surface area contributed by atoms with Crippen molar-refractivity contribution in [1.29, 1.82) is 5.53 Å². The molecular weight excluding hydrogens is 158 g/mol. The van der Waals surface area contributed by atoms with E-state index in [0.717, 1.165) is 6.42 Å². The summed E-state index contributed by atoms with van der Waals surface area (Å²) in [6.07, 6.45) is 4.65. The maximum absolute atomic E-state index is 10.7. The SMILES string of the molecule is N=NC(=O)[C@@H](N)CC1CC=CO1. The lowest BCUT2D eigenvalue weighted by molar-refractivity contribution is -0.120. The first kappa shape index (κ1) is 8.86. The van der Waals surface area contributed by atoms with E-state index in [-0.39, 0.29) is 6.10 Å². The van der Waals surface area contributed by atoms with Gasteiger partial charge < -0.3 is 10.5 Å². The van der Waals surface area contributed by atoms with Crippen molar-refractivity contribution in [3.8, 4) is 0 Å². The van der Waals surface area contributed by atoms with Crippen LogP contribution in [0.25, 0.3) is 0 Å². The molecule has 0 aromatic rings. The molecule has 0 radical (unpaired) electrons. The van der Waals surface area contributed by atoms with E-state index >= 15 is 0 Å². The fraction of sp³-hybridized carbons (Fsp3) is 0.571. The van der Waals surface area contributed by atoms with Crippen LogP contribution >= 0.6 is 0 Å². The number of nitrogens with two attached hydrogens (primary N) is 1. The number of carbonyl (C=O) groups is 1. The van der Waals surface area contributed by atoms with E-state index in [1.807, 2.05) is 6.08 Å². The third-order valence-corrected chi connectivity index (χ3v) is 1.71. The Bertz CT molecular complexity index is 207. The van der Waals surface area contributed by atoms with Crippen LogP contribution in [0.2, 0.25) is 0 Å². The fourth-order valence-corrected chi connectivity index (χ4v) is 1.05. The highest BCUT2D eigenvalue weighted by molar-refractivity contribution is 5.81. The van der Waals surface area contributed by atoms with Gasteiger partial charge in [0.1, 0.15) is 6.10 Å². The van der Waals surface area contributed by atoms with E-state index in [0.29, 0.717) is 6.42 Å². The lowest BCUT2D eigenvalue weighted by Crippen LogP contribution is -2.32. The summed E-state index contributed by atoms with van der Waals surface area (Å²) in [6, 6.07) is -0.701. The van der Waals surface area contributed by atoms with Crippen molar-refractivity contribution in [1.82, 2.24) is 0 Å². The van der Waals surface area contributed by atoms with Crippen molar-refractivity contribution in [2.45, 2.75) is 25.0 Å². The Labute approximate surface area is 70.1 Å². The maximum atomic E-state index is 10.7. The molecule has 0 saturated heterocycles. The van der Waals surface area contributed by atoms with Crippen molar-refractivity contribution in [3.63, 3.8) is 0 Å². The van der Waals surface area contributed by atoms with Crippen LogP contribution in [0.5, 0.6) is 0 Å². The van der Waals surface area contributed by atoms with Crippen LogP contribution in [0.1, 0.15) is 12.8 Å². The van der Waals surface area contributed by atoms with Crippen molar-refractivity contribution >= 4 is 5.91 Å². The second-order valence-electron chi connectivity index (χ2n) is 2.66. The van der Waals surface area contributed by atoms with Crippen molar-refractivity contribution < 1.29 is 9.53 Å². The first-order valence-corrected chi connectivity index (χ1v) is 3.71. The molecule has 5 nitrogen and oxygen atoms in total. The molecule has 5 heteroatoms. The Balaban J connectivity index is 2.30. The van der Waals surface area contributed by atoms with Crippen molar-refractivity contribution in [3.05, 3.63) is 12.3 Å². The Kier molecular flexibility index (Phi) is 2.93. The zero-order valence-corrected chi connectivity index (χ0v) is 6.56. The molecule has 1 heterocycles. The molecular formula is C7H11N3O2. The topological polar surface area (TPSA) is 88.5 Å². The summed E-state index contributed by atoms with van der Waals surface area (Å²) in [6.45, 7) is 0. The minimum atomic E-state index is -0.701. The third kappa shape index (κ3) is 2.13. The average molecular weight is 169 g/mol. The zero-order chi connectivity index (χ0) is 8.97. The quantitative estimate of drug-likeness (QED) is 0.605. The maximum Gasteiger partial charge on any atom is 0.280 e. The number of nitrogens with zero attached hydrogens (tertiary/aromatic N) is 1. The standard InChI is InChI=1S/C7H11N3O2/c8-6(7(11)10-9)4-5-2-1-3-12-5/h1,3,5-6,9H,2,4,8H2/t5?,6-/m0/s1. The van der Waals surface area contributed by atoms with Gasteiger partial charge in [0.05, 0.1) is 12.3 Å². The molecule has 3 N–H and O–H groups in total. The van der Waals surface area contributed by atoms with E-state index < -0.39 is 11.9 Å². The summed E-state index contributed by atoms with van der Waals surface area (Å²) in [5, 5.41) is 2.74. The molecule has 1 aliphatic rings. The highest BCUT2D eigenvalue weighted by atomic mass is 16.5. The lowest BCUT2D eigenvalue weighted by atomic mass is 10.1. The Morgan fingerprint density at radius 1 is 1.92 bits per heavy atom. The first-order chi connectivity index (χ1) is 5.74. The second-order valence-corrected chi connectivity index (χ2v) is 2.66. The molecule has 0 spiro atoms. The molecule has 0 aromatic heterocycles. The average Bonchev–Trinajstić information content (AvgIpc) is 2.55. The third-order valence-electron chi connectivity index (χ3n) is 1.71. The molecule has 0 fully saturated rings. The highest BCUT2D eigenvalue weighted by Gasteiger charge is 2.20. The fourth-order valence-electron chi connectivity index (χ4n) is 1.05. The largest absolute Gasteiger partial charge is 0.498 e. The summed E-state index contributed by atoms with van der Waals surface area (Å²) in [4.78, 5) is 10.7. The Morgan fingerprint density at radius 3 is 3.17 bits per heavy atom. The van der Waals surface area contributed by atoms with Crippen LogP contribution in [0.15, 0.2) is 17.5 Å². The van der Waals surface area contributed by atoms with E-state index in [2.05, 4.69) is 5.11 Å². The molecule has 0 aromatic carbocycles. The second kappa shape index (κ2) is 3.96. The van der Waals surface area contributed by atoms with Crippen LogP contribution in [-0.4, -0.2) is 18.1 Å². The molecule has 1 unspecified atom stereocenters. The molecule has 2 atom stereocenters. The van der Waals surface area contributed by atoms with Crippen LogP contribution in [0, 0.1) is 5.53 Å². The molecule has 12 heavy (non-hydrogen) atoms. The van der Waals surface area contributed by atoms with Gasteiger partial charge in [-0.05, 0) is 6.08 Å². The van der Waals surface area contributed by atoms with Crippen molar-refractivity contribution in [2.24, 2.45) is 10.8 Å². The molecule has 1 aliphatic heterocycles. The summed E-state index contributed by atoms with van der Waals surface area (Å²) in [7, 11) is 0. The van der Waals surface area contributed by atoms with Crippen LogP contribution < -0.4 is 5.73 Å². The van der Waals surface area contributed by atoms with E-state index in [4.69, 9.17) is 16.0 Å². The molecule has 0 aliphatic carbocycles. The number of hydrogen-bond donors (Lipinski definition) is 2. The number of nitrogens with one attached hydrogen (secondary N) is 1. The van der Waals surface area contributed by atoms with Crippen LogP contribution in [0.4, 0.5) is 0 Å². The van der Waals surface area contributed by atoms with Gasteiger partial charge >= 0.3 is 0 Å². The molecule has 0 saturated carbocycles. The van der Waals surface area contributed by atoms with E-state index in [1.54, 1.807) is 6.26 Å². The highest BCUT2D eigenvalue weighted by Crippen LogP contribution is 2.13. The van der Waals surface area contributed by atoms with E-state index in [1.165, 1.54) is 0 Å². The predicted molar refractivity (Wildman–Crippen MR) is 41.4 cm³/mol. The van der Waals surface area contributed by atoms with Gasteiger partial charge in [0.2, 0.25) is 0 Å². The van der Waals surface area contributed by atoms with Crippen LogP contribution in [-0.2, 0) is 9.53 Å². The summed E-state index contributed by atoms with van der Waals surface area (Å²) in [5.74, 6) is -0.592. The molecule has 1 amide bonds. The Morgan fingerprint density at radius 2 is 2.67 bits per heavy atom. The number of rotatable bonds is 3. The normalized spacial score (nSPS) is 23.2. The Hall–Kier alpha value is -1.23. The monoisotopic (exact) mass is 169 g/mol. The number of hydrogen-bond acceptors (Lipinski definition) is 4. The summed E-state index contributed by atoms with van der Waals surface area (Å²) < 4.78 is 5.10. The smallest absolute Gasteiger partial charge is 0.280 e. The molecule has 0 bridgehead atoms. The van der Waals surface area contributed by atoms with Gasteiger partial charge in [0, 0.05) is 12.8 Å².